The third-order valence-corrected chi connectivity index (χ3v) is 6.71. The van der Waals surface area contributed by atoms with Crippen molar-refractivity contribution in [2.75, 3.05) is 19.6 Å². The van der Waals surface area contributed by atoms with Crippen molar-refractivity contribution in [3.05, 3.63) is 71.3 Å². The first-order chi connectivity index (χ1) is 15.5. The molecular formula is C26H31N3O3. The lowest BCUT2D eigenvalue weighted by molar-refractivity contribution is -0.139. The molecule has 168 valence electrons. The molecule has 0 radical (unpaired) electrons. The molecule has 1 saturated heterocycles. The van der Waals surface area contributed by atoms with Gasteiger partial charge in [-0.05, 0) is 36.0 Å². The van der Waals surface area contributed by atoms with Crippen LogP contribution < -0.4 is 5.32 Å². The Morgan fingerprint density at radius 2 is 1.62 bits per heavy atom. The Kier molecular flexibility index (Phi) is 6.88. The van der Waals surface area contributed by atoms with Crippen LogP contribution >= 0.6 is 0 Å². The second kappa shape index (κ2) is 9.98. The molecule has 6 nitrogen and oxygen atoms in total. The highest BCUT2D eigenvalue weighted by atomic mass is 16.2. The summed E-state index contributed by atoms with van der Waals surface area (Å²) in [6.07, 6.45) is 2.46. The number of nitrogens with zero attached hydrogens (tertiary/aromatic N) is 2. The highest BCUT2D eigenvalue weighted by molar-refractivity contribution is 5.81. The first-order valence-electron chi connectivity index (χ1n) is 11.5. The summed E-state index contributed by atoms with van der Waals surface area (Å²) in [5.74, 6) is 0.0593. The van der Waals surface area contributed by atoms with E-state index in [2.05, 4.69) is 11.4 Å². The van der Waals surface area contributed by atoms with Gasteiger partial charge >= 0.3 is 0 Å². The van der Waals surface area contributed by atoms with E-state index in [1.807, 2.05) is 58.3 Å². The van der Waals surface area contributed by atoms with Crippen molar-refractivity contribution in [1.29, 1.82) is 0 Å². The zero-order valence-corrected chi connectivity index (χ0v) is 18.6. The van der Waals surface area contributed by atoms with Crippen LogP contribution in [0, 0.1) is 5.92 Å². The molecule has 0 aromatic heterocycles. The summed E-state index contributed by atoms with van der Waals surface area (Å²) >= 11 is 0. The van der Waals surface area contributed by atoms with E-state index in [0.29, 0.717) is 45.4 Å². The third kappa shape index (κ3) is 5.01. The van der Waals surface area contributed by atoms with Gasteiger partial charge in [0, 0.05) is 39.0 Å². The Morgan fingerprint density at radius 1 is 0.938 bits per heavy atom. The number of likely N-dealkylation sites (tertiary alicyclic amines) is 1. The third-order valence-electron chi connectivity index (χ3n) is 6.71. The first kappa shape index (κ1) is 22.1. The molecule has 2 aliphatic rings. The molecule has 1 atom stereocenters. The zero-order chi connectivity index (χ0) is 22.5. The summed E-state index contributed by atoms with van der Waals surface area (Å²) in [5.41, 5.74) is 3.38. The van der Waals surface area contributed by atoms with Gasteiger partial charge < -0.3 is 15.1 Å². The first-order valence-corrected chi connectivity index (χ1v) is 11.5. The van der Waals surface area contributed by atoms with Crippen LogP contribution in [0.25, 0.3) is 0 Å². The molecule has 2 aromatic carbocycles. The lowest BCUT2D eigenvalue weighted by Crippen LogP contribution is -2.45. The van der Waals surface area contributed by atoms with E-state index in [1.165, 1.54) is 5.56 Å². The number of hydrogen-bond donors (Lipinski definition) is 1. The molecule has 0 bridgehead atoms. The van der Waals surface area contributed by atoms with Crippen LogP contribution in [0.1, 0.15) is 48.9 Å². The van der Waals surface area contributed by atoms with Crippen LogP contribution in [0.2, 0.25) is 0 Å². The lowest BCUT2D eigenvalue weighted by atomic mass is 9.89. The van der Waals surface area contributed by atoms with Crippen molar-refractivity contribution in [1.82, 2.24) is 15.1 Å². The normalized spacial score (nSPS) is 18.7. The molecule has 4 rings (SSSR count). The second-order valence-corrected chi connectivity index (χ2v) is 8.74. The number of nitrogens with one attached hydrogen (secondary N) is 1. The Labute approximate surface area is 189 Å². The number of carbonyl (C=O) groups is 3. The SMILES string of the molecule is CC(=O)N1CCc2ccccc2C1CC(=O)N1CCC(C(=O)NCc2ccccc2)CC1. The minimum atomic E-state index is -0.211. The summed E-state index contributed by atoms with van der Waals surface area (Å²) in [4.78, 5) is 41.6. The Hall–Kier alpha value is -3.15. The summed E-state index contributed by atoms with van der Waals surface area (Å²) in [6, 6.07) is 17.8. The van der Waals surface area contributed by atoms with Gasteiger partial charge in [0.25, 0.3) is 0 Å². The molecule has 2 heterocycles. The van der Waals surface area contributed by atoms with Gasteiger partial charge in [0.15, 0.2) is 0 Å². The highest BCUT2D eigenvalue weighted by Crippen LogP contribution is 2.33. The van der Waals surface area contributed by atoms with Crippen LogP contribution in [0.15, 0.2) is 54.6 Å². The number of piperidine rings is 1. The van der Waals surface area contributed by atoms with E-state index in [0.717, 1.165) is 17.5 Å². The van der Waals surface area contributed by atoms with Crippen LogP contribution in [0.4, 0.5) is 0 Å². The molecule has 32 heavy (non-hydrogen) atoms. The van der Waals surface area contributed by atoms with Gasteiger partial charge in [-0.1, -0.05) is 54.6 Å². The van der Waals surface area contributed by atoms with Crippen molar-refractivity contribution in [2.45, 2.75) is 45.2 Å². The highest BCUT2D eigenvalue weighted by Gasteiger charge is 2.33. The second-order valence-electron chi connectivity index (χ2n) is 8.74. The largest absolute Gasteiger partial charge is 0.352 e. The average molecular weight is 434 g/mol. The van der Waals surface area contributed by atoms with Crippen molar-refractivity contribution in [2.24, 2.45) is 5.92 Å². The molecule has 0 spiro atoms. The number of fused-ring (bicyclic) bond motifs is 1. The fourth-order valence-electron chi connectivity index (χ4n) is 4.86. The fraction of sp³-hybridized carbons (Fsp3) is 0.423. The number of rotatable bonds is 5. The smallest absolute Gasteiger partial charge is 0.224 e. The summed E-state index contributed by atoms with van der Waals surface area (Å²) in [5, 5.41) is 3.02. The summed E-state index contributed by atoms with van der Waals surface area (Å²) in [7, 11) is 0. The maximum Gasteiger partial charge on any atom is 0.224 e. The molecule has 2 aromatic rings. The van der Waals surface area contributed by atoms with Gasteiger partial charge in [-0.3, -0.25) is 14.4 Å². The van der Waals surface area contributed by atoms with Crippen LogP contribution in [0.3, 0.4) is 0 Å². The fourth-order valence-corrected chi connectivity index (χ4v) is 4.86. The van der Waals surface area contributed by atoms with Crippen LogP contribution in [-0.2, 0) is 27.3 Å². The monoisotopic (exact) mass is 433 g/mol. The predicted octanol–water partition coefficient (Wildman–Crippen LogP) is 3.08. The number of hydrogen-bond acceptors (Lipinski definition) is 3. The van der Waals surface area contributed by atoms with Crippen LogP contribution in [0.5, 0.6) is 0 Å². The predicted molar refractivity (Wildman–Crippen MR) is 122 cm³/mol. The van der Waals surface area contributed by atoms with Crippen molar-refractivity contribution < 1.29 is 14.4 Å². The zero-order valence-electron chi connectivity index (χ0n) is 18.6. The van der Waals surface area contributed by atoms with E-state index < -0.39 is 0 Å². The topological polar surface area (TPSA) is 69.7 Å². The van der Waals surface area contributed by atoms with E-state index in [9.17, 15) is 14.4 Å². The molecular weight excluding hydrogens is 402 g/mol. The molecule has 1 unspecified atom stereocenters. The van der Waals surface area contributed by atoms with E-state index in [-0.39, 0.29) is 29.7 Å². The molecule has 0 aliphatic carbocycles. The number of benzene rings is 2. The number of carbonyl (C=O) groups excluding carboxylic acids is 3. The van der Waals surface area contributed by atoms with Gasteiger partial charge in [-0.25, -0.2) is 0 Å². The van der Waals surface area contributed by atoms with Gasteiger partial charge in [0.2, 0.25) is 17.7 Å². The van der Waals surface area contributed by atoms with Gasteiger partial charge in [0.05, 0.1) is 12.5 Å². The van der Waals surface area contributed by atoms with Crippen molar-refractivity contribution in [3.8, 4) is 0 Å². The van der Waals surface area contributed by atoms with Crippen LogP contribution in [-0.4, -0.2) is 47.2 Å². The quantitative estimate of drug-likeness (QED) is 0.788. The molecule has 6 heteroatoms. The Balaban J connectivity index is 1.32. The summed E-state index contributed by atoms with van der Waals surface area (Å²) in [6.45, 7) is 3.91. The molecule has 3 amide bonds. The lowest BCUT2D eigenvalue weighted by Gasteiger charge is -2.38. The summed E-state index contributed by atoms with van der Waals surface area (Å²) < 4.78 is 0. The van der Waals surface area contributed by atoms with Crippen molar-refractivity contribution >= 4 is 17.7 Å². The van der Waals surface area contributed by atoms with Gasteiger partial charge in [-0.15, -0.1) is 0 Å². The average Bonchev–Trinajstić information content (AvgIpc) is 2.83. The molecule has 2 aliphatic heterocycles. The maximum absolute atomic E-state index is 13.1. The minimum absolute atomic E-state index is 0.00565. The Morgan fingerprint density at radius 3 is 2.34 bits per heavy atom. The standard InChI is InChI=1S/C26H31N3O3/c1-19(30)29-16-13-21-9-5-6-10-23(21)24(29)17-25(31)28-14-11-22(12-15-28)26(32)27-18-20-7-3-2-4-8-20/h2-10,22,24H,11-18H2,1H3,(H,27,32). The van der Waals surface area contributed by atoms with Gasteiger partial charge in [-0.2, -0.15) is 0 Å². The van der Waals surface area contributed by atoms with E-state index in [1.54, 1.807) is 6.92 Å². The van der Waals surface area contributed by atoms with E-state index in [4.69, 9.17) is 0 Å². The molecule has 1 fully saturated rings. The molecule has 0 saturated carbocycles. The Bertz CT molecular complexity index is 967. The molecule has 1 N–H and O–H groups in total. The maximum atomic E-state index is 13.1. The van der Waals surface area contributed by atoms with E-state index >= 15 is 0 Å². The minimum Gasteiger partial charge on any atom is -0.352 e. The van der Waals surface area contributed by atoms with Gasteiger partial charge in [0.1, 0.15) is 0 Å². The van der Waals surface area contributed by atoms with Crippen molar-refractivity contribution in [3.63, 3.8) is 0 Å². The number of amides is 3.